The van der Waals surface area contributed by atoms with E-state index in [0.717, 1.165) is 43.2 Å². The van der Waals surface area contributed by atoms with E-state index in [2.05, 4.69) is 9.88 Å². The van der Waals surface area contributed by atoms with Crippen molar-refractivity contribution in [2.75, 3.05) is 40.3 Å². The number of likely N-dealkylation sites (N-methyl/N-ethyl adjacent to an activating group) is 1. The van der Waals surface area contributed by atoms with Crippen LogP contribution in [0.3, 0.4) is 0 Å². The van der Waals surface area contributed by atoms with Gasteiger partial charge in [-0.1, -0.05) is 6.42 Å². The molecule has 2 saturated heterocycles. The maximum absolute atomic E-state index is 12.6. The minimum Gasteiger partial charge on any atom is -0.348 e. The molecule has 0 bridgehead atoms. The van der Waals surface area contributed by atoms with Gasteiger partial charge in [0.2, 0.25) is 11.8 Å². The molecule has 27 heavy (non-hydrogen) atoms. The Morgan fingerprint density at radius 2 is 1.93 bits per heavy atom. The van der Waals surface area contributed by atoms with Crippen molar-refractivity contribution in [2.45, 2.75) is 51.5 Å². The second kappa shape index (κ2) is 9.15. The number of likely N-dealkylation sites (tertiary alicyclic amines) is 2. The number of hydrogen-bond donors (Lipinski definition) is 0. The lowest BCUT2D eigenvalue weighted by Gasteiger charge is -2.43. The smallest absolute Gasteiger partial charge is 0.236 e. The van der Waals surface area contributed by atoms with Gasteiger partial charge >= 0.3 is 0 Å². The molecular weight excluding hydrogens is 360 g/mol. The Bertz CT molecular complexity index is 652. The standard InChI is InChI=1S/C20H32N4O2S/c1-15-21-17(14-27-15)12-19(25)23-10-7-16(8-11-23)18-6-4-5-9-24(18)13-20(26)22(2)3/h14,16,18H,4-13H2,1-3H3. The molecule has 0 aliphatic carbocycles. The van der Waals surface area contributed by atoms with E-state index in [4.69, 9.17) is 0 Å². The lowest BCUT2D eigenvalue weighted by atomic mass is 9.83. The monoisotopic (exact) mass is 392 g/mol. The van der Waals surface area contributed by atoms with Gasteiger partial charge in [-0.05, 0) is 45.1 Å². The van der Waals surface area contributed by atoms with E-state index in [1.807, 2.05) is 31.3 Å². The zero-order valence-electron chi connectivity index (χ0n) is 16.8. The lowest BCUT2D eigenvalue weighted by Crippen LogP contribution is -2.51. The minimum atomic E-state index is 0.188. The van der Waals surface area contributed by atoms with E-state index < -0.39 is 0 Å². The third kappa shape index (κ3) is 5.29. The predicted molar refractivity (Wildman–Crippen MR) is 108 cm³/mol. The topological polar surface area (TPSA) is 56.8 Å². The number of piperidine rings is 2. The molecule has 2 aliphatic heterocycles. The number of carbonyl (C=O) groups is 2. The summed E-state index contributed by atoms with van der Waals surface area (Å²) in [7, 11) is 3.66. The summed E-state index contributed by atoms with van der Waals surface area (Å²) >= 11 is 1.60. The Morgan fingerprint density at radius 3 is 2.56 bits per heavy atom. The Labute approximate surface area is 166 Å². The van der Waals surface area contributed by atoms with Gasteiger partial charge in [-0.25, -0.2) is 4.98 Å². The van der Waals surface area contributed by atoms with Crippen LogP contribution in [0.4, 0.5) is 0 Å². The first-order chi connectivity index (χ1) is 12.9. The molecule has 6 nitrogen and oxygen atoms in total. The zero-order chi connectivity index (χ0) is 19.4. The van der Waals surface area contributed by atoms with Gasteiger partial charge in [0, 0.05) is 38.6 Å². The summed E-state index contributed by atoms with van der Waals surface area (Å²) in [5, 5.41) is 3.00. The first kappa shape index (κ1) is 20.3. The summed E-state index contributed by atoms with van der Waals surface area (Å²) in [6.45, 7) is 5.19. The van der Waals surface area contributed by atoms with Crippen molar-refractivity contribution in [2.24, 2.45) is 5.92 Å². The molecule has 0 saturated carbocycles. The number of amides is 2. The molecule has 0 radical (unpaired) electrons. The maximum Gasteiger partial charge on any atom is 0.236 e. The third-order valence-corrected chi connectivity index (χ3v) is 6.76. The highest BCUT2D eigenvalue weighted by Crippen LogP contribution is 2.30. The molecule has 1 aromatic heterocycles. The molecule has 3 heterocycles. The Hall–Kier alpha value is -1.47. The number of aryl methyl sites for hydroxylation is 1. The van der Waals surface area contributed by atoms with Crippen LogP contribution in [0.25, 0.3) is 0 Å². The SMILES string of the molecule is Cc1nc(CC(=O)N2CCC(C3CCCCN3CC(=O)N(C)C)CC2)cs1. The quantitative estimate of drug-likeness (QED) is 0.771. The number of aromatic nitrogens is 1. The van der Waals surface area contributed by atoms with Crippen molar-refractivity contribution in [1.82, 2.24) is 19.7 Å². The average molecular weight is 393 g/mol. The van der Waals surface area contributed by atoms with Crippen LogP contribution in [-0.4, -0.2) is 77.8 Å². The second-order valence-electron chi connectivity index (χ2n) is 8.07. The second-order valence-corrected chi connectivity index (χ2v) is 9.14. The Balaban J connectivity index is 1.52. The van der Waals surface area contributed by atoms with Crippen molar-refractivity contribution < 1.29 is 9.59 Å². The largest absolute Gasteiger partial charge is 0.348 e. The normalized spacial score (nSPS) is 22.0. The van der Waals surface area contributed by atoms with Gasteiger partial charge in [0.25, 0.3) is 0 Å². The summed E-state index contributed by atoms with van der Waals surface area (Å²) in [6.07, 6.45) is 6.11. The summed E-state index contributed by atoms with van der Waals surface area (Å²) in [5.74, 6) is 0.973. The maximum atomic E-state index is 12.6. The molecule has 0 N–H and O–H groups in total. The van der Waals surface area contributed by atoms with E-state index in [1.54, 1.807) is 16.2 Å². The first-order valence-corrected chi connectivity index (χ1v) is 10.9. The molecule has 2 aliphatic rings. The van der Waals surface area contributed by atoms with Crippen molar-refractivity contribution >= 4 is 23.2 Å². The van der Waals surface area contributed by atoms with E-state index in [9.17, 15) is 9.59 Å². The van der Waals surface area contributed by atoms with Gasteiger partial charge in [-0.15, -0.1) is 11.3 Å². The summed E-state index contributed by atoms with van der Waals surface area (Å²) < 4.78 is 0. The van der Waals surface area contributed by atoms with Crippen LogP contribution in [0.5, 0.6) is 0 Å². The zero-order valence-corrected chi connectivity index (χ0v) is 17.6. The van der Waals surface area contributed by atoms with Crippen LogP contribution in [0.15, 0.2) is 5.38 Å². The molecule has 150 valence electrons. The number of carbonyl (C=O) groups excluding carboxylic acids is 2. The molecule has 3 rings (SSSR count). The van der Waals surface area contributed by atoms with Gasteiger partial charge in [0.1, 0.15) is 0 Å². The van der Waals surface area contributed by atoms with Crippen LogP contribution in [0.2, 0.25) is 0 Å². The fourth-order valence-electron chi connectivity index (χ4n) is 4.35. The third-order valence-electron chi connectivity index (χ3n) is 5.94. The Kier molecular flexibility index (Phi) is 6.87. The van der Waals surface area contributed by atoms with Gasteiger partial charge in [0.15, 0.2) is 0 Å². The average Bonchev–Trinajstić information content (AvgIpc) is 3.07. The van der Waals surface area contributed by atoms with Gasteiger partial charge in [-0.3, -0.25) is 14.5 Å². The van der Waals surface area contributed by atoms with Crippen LogP contribution in [0.1, 0.15) is 42.8 Å². The Morgan fingerprint density at radius 1 is 1.19 bits per heavy atom. The lowest BCUT2D eigenvalue weighted by molar-refractivity contribution is -0.132. The van der Waals surface area contributed by atoms with Crippen molar-refractivity contribution in [3.05, 3.63) is 16.1 Å². The number of thiazole rings is 1. The van der Waals surface area contributed by atoms with Crippen LogP contribution in [-0.2, 0) is 16.0 Å². The molecule has 7 heteroatoms. The molecule has 0 spiro atoms. The van der Waals surface area contributed by atoms with E-state index in [1.165, 1.54) is 19.3 Å². The molecule has 1 unspecified atom stereocenters. The minimum absolute atomic E-state index is 0.188. The molecule has 1 aromatic rings. The van der Waals surface area contributed by atoms with Crippen molar-refractivity contribution in [1.29, 1.82) is 0 Å². The van der Waals surface area contributed by atoms with Gasteiger partial charge in [-0.2, -0.15) is 0 Å². The van der Waals surface area contributed by atoms with Gasteiger partial charge < -0.3 is 9.80 Å². The number of nitrogens with zero attached hydrogens (tertiary/aromatic N) is 4. The van der Waals surface area contributed by atoms with Crippen molar-refractivity contribution in [3.63, 3.8) is 0 Å². The van der Waals surface area contributed by atoms with Gasteiger partial charge in [0.05, 0.1) is 23.7 Å². The van der Waals surface area contributed by atoms with Crippen LogP contribution in [0, 0.1) is 12.8 Å². The highest BCUT2D eigenvalue weighted by atomic mass is 32.1. The first-order valence-electron chi connectivity index (χ1n) is 10.1. The molecular formula is C20H32N4O2S. The van der Waals surface area contributed by atoms with E-state index in [0.29, 0.717) is 24.9 Å². The molecule has 1 atom stereocenters. The summed E-state index contributed by atoms with van der Waals surface area (Å²) in [6, 6.07) is 0.487. The van der Waals surface area contributed by atoms with E-state index >= 15 is 0 Å². The predicted octanol–water partition coefficient (Wildman–Crippen LogP) is 2.18. The number of hydrogen-bond acceptors (Lipinski definition) is 5. The number of rotatable bonds is 5. The fourth-order valence-corrected chi connectivity index (χ4v) is 4.96. The molecule has 0 aromatic carbocycles. The summed E-state index contributed by atoms with van der Waals surface area (Å²) in [4.78, 5) is 35.3. The van der Waals surface area contributed by atoms with E-state index in [-0.39, 0.29) is 11.8 Å². The molecule has 2 amide bonds. The highest BCUT2D eigenvalue weighted by molar-refractivity contribution is 7.09. The molecule has 2 fully saturated rings. The highest BCUT2D eigenvalue weighted by Gasteiger charge is 2.34. The summed E-state index contributed by atoms with van der Waals surface area (Å²) in [5.41, 5.74) is 0.894. The van der Waals surface area contributed by atoms with Crippen molar-refractivity contribution in [3.8, 4) is 0 Å². The van der Waals surface area contributed by atoms with Crippen LogP contribution >= 0.6 is 11.3 Å². The van der Waals surface area contributed by atoms with Crippen LogP contribution < -0.4 is 0 Å². The fraction of sp³-hybridized carbons (Fsp3) is 0.750.